The molecule has 1 amide bonds. The second-order valence-corrected chi connectivity index (χ2v) is 4.48. The van der Waals surface area contributed by atoms with Crippen LogP contribution in [0.3, 0.4) is 0 Å². The monoisotopic (exact) mass is 288 g/mol. The Morgan fingerprint density at radius 3 is 2.63 bits per heavy atom. The van der Waals surface area contributed by atoms with Gasteiger partial charge in [0.25, 0.3) is 0 Å². The fourth-order valence-electron chi connectivity index (χ4n) is 1.73. The van der Waals surface area contributed by atoms with Crippen molar-refractivity contribution in [1.82, 2.24) is 0 Å². The van der Waals surface area contributed by atoms with Gasteiger partial charge in [-0.2, -0.15) is 0 Å². The van der Waals surface area contributed by atoms with Crippen LogP contribution in [-0.2, 0) is 4.79 Å². The molecule has 3 N–H and O–H groups in total. The number of hydrogen-bond donors (Lipinski definition) is 2. The van der Waals surface area contributed by atoms with Crippen LogP contribution >= 0.6 is 12.4 Å². The van der Waals surface area contributed by atoms with Crippen molar-refractivity contribution in [1.29, 1.82) is 0 Å². The summed E-state index contributed by atoms with van der Waals surface area (Å²) in [4.78, 5) is 11.6. The highest BCUT2D eigenvalue weighted by atomic mass is 35.5. The van der Waals surface area contributed by atoms with Gasteiger partial charge in [-0.3, -0.25) is 4.79 Å². The van der Waals surface area contributed by atoms with Crippen molar-refractivity contribution in [2.45, 2.75) is 39.0 Å². The Hall–Kier alpha value is -1.13. The molecule has 1 aromatic rings. The lowest BCUT2D eigenvalue weighted by Gasteiger charge is -2.07. The van der Waals surface area contributed by atoms with E-state index < -0.39 is 5.82 Å². The molecule has 0 radical (unpaired) electrons. The first-order valence-corrected chi connectivity index (χ1v) is 6.39. The molecule has 0 aliphatic heterocycles. The van der Waals surface area contributed by atoms with Crippen LogP contribution in [0.4, 0.5) is 10.1 Å². The van der Waals surface area contributed by atoms with Gasteiger partial charge in [-0.25, -0.2) is 4.39 Å². The van der Waals surface area contributed by atoms with E-state index in [9.17, 15) is 9.18 Å². The zero-order valence-electron chi connectivity index (χ0n) is 11.2. The van der Waals surface area contributed by atoms with Crippen LogP contribution in [-0.4, -0.2) is 12.5 Å². The molecule has 0 atom stereocenters. The molecule has 0 bridgehead atoms. The number of carbonyl (C=O) groups excluding carboxylic acids is 1. The number of nitrogens with one attached hydrogen (secondary N) is 1. The molecule has 0 saturated carbocycles. The molecular weight excluding hydrogens is 267 g/mol. The standard InChI is InChI=1S/C14H21FN2O.ClH/c1-11-7-8-12(15)13(10-11)17-14(18)6-4-2-3-5-9-16;/h7-8,10H,2-6,9,16H2,1H3,(H,17,18);1H. The number of unbranched alkanes of at least 4 members (excludes halogenated alkanes) is 3. The Labute approximate surface area is 120 Å². The van der Waals surface area contributed by atoms with E-state index in [2.05, 4.69) is 5.32 Å². The minimum absolute atomic E-state index is 0. The zero-order valence-corrected chi connectivity index (χ0v) is 12.1. The molecule has 1 rings (SSSR count). The van der Waals surface area contributed by atoms with Gasteiger partial charge in [0.05, 0.1) is 5.69 Å². The number of rotatable bonds is 7. The van der Waals surface area contributed by atoms with Crippen molar-refractivity contribution in [2.75, 3.05) is 11.9 Å². The second kappa shape index (κ2) is 9.75. The van der Waals surface area contributed by atoms with Gasteiger partial charge in [0.15, 0.2) is 0 Å². The van der Waals surface area contributed by atoms with E-state index in [0.29, 0.717) is 13.0 Å². The second-order valence-electron chi connectivity index (χ2n) is 4.48. The van der Waals surface area contributed by atoms with Crippen molar-refractivity contribution < 1.29 is 9.18 Å². The van der Waals surface area contributed by atoms with E-state index in [1.165, 1.54) is 6.07 Å². The lowest BCUT2D eigenvalue weighted by atomic mass is 10.1. The zero-order chi connectivity index (χ0) is 13.4. The topological polar surface area (TPSA) is 55.1 Å². The molecule has 0 unspecified atom stereocenters. The molecular formula is C14H22ClFN2O. The first kappa shape index (κ1) is 17.9. The maximum Gasteiger partial charge on any atom is 0.224 e. The van der Waals surface area contributed by atoms with Crippen LogP contribution in [0, 0.1) is 12.7 Å². The smallest absolute Gasteiger partial charge is 0.224 e. The van der Waals surface area contributed by atoms with E-state index in [4.69, 9.17) is 5.73 Å². The van der Waals surface area contributed by atoms with E-state index in [0.717, 1.165) is 31.2 Å². The van der Waals surface area contributed by atoms with Crippen LogP contribution in [0.1, 0.15) is 37.7 Å². The molecule has 0 aromatic heterocycles. The maximum absolute atomic E-state index is 13.4. The van der Waals surface area contributed by atoms with Crippen molar-refractivity contribution in [3.8, 4) is 0 Å². The van der Waals surface area contributed by atoms with Gasteiger partial charge in [-0.15, -0.1) is 12.4 Å². The molecule has 0 aliphatic carbocycles. The number of hydrogen-bond acceptors (Lipinski definition) is 2. The number of amides is 1. The Kier molecular flexibility index (Phi) is 9.17. The van der Waals surface area contributed by atoms with Crippen molar-refractivity contribution in [3.63, 3.8) is 0 Å². The van der Waals surface area contributed by atoms with Gasteiger partial charge in [0.1, 0.15) is 5.82 Å². The third-order valence-corrected chi connectivity index (χ3v) is 2.75. The molecule has 0 aliphatic rings. The summed E-state index contributed by atoms with van der Waals surface area (Å²) in [6.45, 7) is 2.56. The summed E-state index contributed by atoms with van der Waals surface area (Å²) >= 11 is 0. The lowest BCUT2D eigenvalue weighted by molar-refractivity contribution is -0.116. The molecule has 0 spiro atoms. The van der Waals surface area contributed by atoms with Crippen molar-refractivity contribution in [2.24, 2.45) is 5.73 Å². The summed E-state index contributed by atoms with van der Waals surface area (Å²) in [5.41, 5.74) is 6.57. The highest BCUT2D eigenvalue weighted by molar-refractivity contribution is 5.90. The molecule has 0 heterocycles. The minimum Gasteiger partial charge on any atom is -0.330 e. The van der Waals surface area contributed by atoms with E-state index in [1.54, 1.807) is 12.1 Å². The van der Waals surface area contributed by atoms with Gasteiger partial charge >= 0.3 is 0 Å². The van der Waals surface area contributed by atoms with Gasteiger partial charge in [0, 0.05) is 6.42 Å². The average molecular weight is 289 g/mol. The van der Waals surface area contributed by atoms with Crippen molar-refractivity contribution >= 4 is 24.0 Å². The molecule has 0 fully saturated rings. The highest BCUT2D eigenvalue weighted by Gasteiger charge is 2.06. The molecule has 19 heavy (non-hydrogen) atoms. The van der Waals surface area contributed by atoms with E-state index >= 15 is 0 Å². The summed E-state index contributed by atoms with van der Waals surface area (Å²) in [6, 6.07) is 4.69. The van der Waals surface area contributed by atoms with Crippen LogP contribution in [0.5, 0.6) is 0 Å². The normalized spacial score (nSPS) is 9.84. The summed E-state index contributed by atoms with van der Waals surface area (Å²) in [5.74, 6) is -0.524. The summed E-state index contributed by atoms with van der Waals surface area (Å²) < 4.78 is 13.4. The number of nitrogens with two attached hydrogens (primary N) is 1. The largest absolute Gasteiger partial charge is 0.330 e. The number of benzene rings is 1. The molecule has 108 valence electrons. The first-order valence-electron chi connectivity index (χ1n) is 6.39. The van der Waals surface area contributed by atoms with Crippen LogP contribution < -0.4 is 11.1 Å². The van der Waals surface area contributed by atoms with Gasteiger partial charge in [-0.05, 0) is 44.0 Å². The fraction of sp³-hybridized carbons (Fsp3) is 0.500. The fourth-order valence-corrected chi connectivity index (χ4v) is 1.73. The van der Waals surface area contributed by atoms with E-state index in [1.807, 2.05) is 6.92 Å². The summed E-state index contributed by atoms with van der Waals surface area (Å²) in [5, 5.41) is 2.60. The Balaban J connectivity index is 0.00000324. The number of carbonyl (C=O) groups is 1. The highest BCUT2D eigenvalue weighted by Crippen LogP contribution is 2.16. The minimum atomic E-state index is -0.392. The SMILES string of the molecule is Cc1ccc(F)c(NC(=O)CCCCCCN)c1.Cl. The Bertz CT molecular complexity index is 399. The van der Waals surface area contributed by atoms with Crippen LogP contribution in [0.2, 0.25) is 0 Å². The number of aryl methyl sites for hydroxylation is 1. The predicted octanol–water partition coefficient (Wildman–Crippen LogP) is 3.40. The summed E-state index contributed by atoms with van der Waals surface area (Å²) in [7, 11) is 0. The molecule has 3 nitrogen and oxygen atoms in total. The van der Waals surface area contributed by atoms with Crippen LogP contribution in [0.15, 0.2) is 18.2 Å². The number of anilines is 1. The Morgan fingerprint density at radius 1 is 1.26 bits per heavy atom. The van der Waals surface area contributed by atoms with Gasteiger partial charge in [-0.1, -0.05) is 18.9 Å². The lowest BCUT2D eigenvalue weighted by Crippen LogP contribution is -2.12. The molecule has 5 heteroatoms. The van der Waals surface area contributed by atoms with Crippen LogP contribution in [0.25, 0.3) is 0 Å². The van der Waals surface area contributed by atoms with Gasteiger partial charge < -0.3 is 11.1 Å². The third kappa shape index (κ3) is 7.13. The quantitative estimate of drug-likeness (QED) is 0.756. The first-order chi connectivity index (χ1) is 8.63. The maximum atomic E-state index is 13.4. The average Bonchev–Trinajstić information content (AvgIpc) is 2.33. The van der Waals surface area contributed by atoms with Gasteiger partial charge in [0.2, 0.25) is 5.91 Å². The Morgan fingerprint density at radius 2 is 1.95 bits per heavy atom. The molecule has 0 saturated heterocycles. The number of halogens is 2. The third-order valence-electron chi connectivity index (χ3n) is 2.75. The predicted molar refractivity (Wildman–Crippen MR) is 79.2 cm³/mol. The van der Waals surface area contributed by atoms with Crippen molar-refractivity contribution in [3.05, 3.63) is 29.6 Å². The summed E-state index contributed by atoms with van der Waals surface area (Å²) in [6.07, 6.45) is 4.27. The van der Waals surface area contributed by atoms with E-state index in [-0.39, 0.29) is 24.0 Å². The molecule has 1 aromatic carbocycles.